The highest BCUT2D eigenvalue weighted by molar-refractivity contribution is 8.15. The van der Waals surface area contributed by atoms with E-state index in [0.29, 0.717) is 5.75 Å². The highest BCUT2D eigenvalue weighted by Crippen LogP contribution is 2.09. The lowest BCUT2D eigenvalue weighted by molar-refractivity contribution is -0.141. The van der Waals surface area contributed by atoms with Crippen molar-refractivity contribution in [1.82, 2.24) is 0 Å². The van der Waals surface area contributed by atoms with Crippen molar-refractivity contribution in [2.45, 2.75) is 6.04 Å². The van der Waals surface area contributed by atoms with Crippen molar-refractivity contribution in [2.24, 2.45) is 5.73 Å². The molecule has 0 saturated carbocycles. The maximum atomic E-state index is 10.7. The maximum Gasteiger partial charge on any atom is 0.323 e. The molecule has 66 valence electrons. The third-order valence-corrected chi connectivity index (χ3v) is 3.21. The summed E-state index contributed by atoms with van der Waals surface area (Å²) in [5.41, 5.74) is 5.46. The highest BCUT2D eigenvalue weighted by atomic mass is 32.2. The van der Waals surface area contributed by atoms with Crippen LogP contribution in [0.25, 0.3) is 0 Å². The SMILES string of the molecule is COC(=O)C(N)CSCSC. The molecule has 0 bridgehead atoms. The molecule has 0 aliphatic rings. The molecule has 2 N–H and O–H groups in total. The lowest BCUT2D eigenvalue weighted by Gasteiger charge is -2.07. The van der Waals surface area contributed by atoms with Crippen molar-refractivity contribution in [3.8, 4) is 0 Å². The Balaban J connectivity index is 3.36. The number of hydrogen-bond acceptors (Lipinski definition) is 5. The number of nitrogens with two attached hydrogens (primary N) is 1. The Hall–Kier alpha value is 0.130. The Kier molecular flexibility index (Phi) is 6.90. The summed E-state index contributed by atoms with van der Waals surface area (Å²) < 4.78 is 4.46. The van der Waals surface area contributed by atoms with E-state index < -0.39 is 6.04 Å². The Morgan fingerprint density at radius 3 is 2.82 bits per heavy atom. The van der Waals surface area contributed by atoms with E-state index in [0.717, 1.165) is 5.08 Å². The van der Waals surface area contributed by atoms with Gasteiger partial charge in [-0.3, -0.25) is 4.79 Å². The number of hydrogen-bond donors (Lipinski definition) is 1. The normalized spacial score (nSPS) is 12.6. The summed E-state index contributed by atoms with van der Waals surface area (Å²) in [6.07, 6.45) is 2.01. The molecule has 3 nitrogen and oxygen atoms in total. The van der Waals surface area contributed by atoms with E-state index in [9.17, 15) is 4.79 Å². The van der Waals surface area contributed by atoms with Gasteiger partial charge in [0, 0.05) is 10.8 Å². The predicted octanol–water partition coefficient (Wildman–Crippen LogP) is 0.540. The van der Waals surface area contributed by atoms with E-state index in [2.05, 4.69) is 4.74 Å². The topological polar surface area (TPSA) is 52.3 Å². The summed E-state index contributed by atoms with van der Waals surface area (Å²) in [6, 6.07) is -0.475. The molecule has 0 aliphatic heterocycles. The van der Waals surface area contributed by atoms with E-state index in [-0.39, 0.29) is 5.97 Å². The molecule has 0 radical (unpaired) electrons. The molecule has 0 rings (SSSR count). The molecule has 0 saturated heterocycles. The molecule has 0 heterocycles. The number of rotatable bonds is 5. The Morgan fingerprint density at radius 2 is 2.36 bits per heavy atom. The van der Waals surface area contributed by atoms with Crippen LogP contribution in [0.4, 0.5) is 0 Å². The van der Waals surface area contributed by atoms with Gasteiger partial charge in [-0.05, 0) is 6.26 Å². The van der Waals surface area contributed by atoms with Gasteiger partial charge in [0.15, 0.2) is 0 Å². The second-order valence-corrected chi connectivity index (χ2v) is 4.17. The van der Waals surface area contributed by atoms with Crippen molar-refractivity contribution < 1.29 is 9.53 Å². The maximum absolute atomic E-state index is 10.7. The second kappa shape index (κ2) is 6.82. The van der Waals surface area contributed by atoms with Crippen LogP contribution in [0, 0.1) is 0 Å². The fraction of sp³-hybridized carbons (Fsp3) is 0.833. The molecule has 0 aromatic carbocycles. The molecular formula is C6H13NO2S2. The summed E-state index contributed by atoms with van der Waals surface area (Å²) in [5.74, 6) is 0.298. The zero-order valence-electron chi connectivity index (χ0n) is 6.70. The molecule has 0 aliphatic carbocycles. The average molecular weight is 195 g/mol. The van der Waals surface area contributed by atoms with E-state index in [1.807, 2.05) is 6.26 Å². The van der Waals surface area contributed by atoms with Crippen LogP contribution in [0.1, 0.15) is 0 Å². The van der Waals surface area contributed by atoms with Crippen molar-refractivity contribution in [1.29, 1.82) is 0 Å². The van der Waals surface area contributed by atoms with E-state index in [1.165, 1.54) is 7.11 Å². The smallest absolute Gasteiger partial charge is 0.323 e. The lowest BCUT2D eigenvalue weighted by Crippen LogP contribution is -2.33. The third-order valence-electron chi connectivity index (χ3n) is 1.00. The molecule has 5 heteroatoms. The second-order valence-electron chi connectivity index (χ2n) is 1.91. The van der Waals surface area contributed by atoms with Gasteiger partial charge in [-0.25, -0.2) is 0 Å². The Labute approximate surface area is 75.4 Å². The van der Waals surface area contributed by atoms with Gasteiger partial charge in [-0.1, -0.05) is 0 Å². The van der Waals surface area contributed by atoms with Gasteiger partial charge >= 0.3 is 5.97 Å². The minimum atomic E-state index is -0.475. The van der Waals surface area contributed by atoms with Gasteiger partial charge < -0.3 is 10.5 Å². The average Bonchev–Trinajstić information content (AvgIpc) is 2.03. The summed E-state index contributed by atoms with van der Waals surface area (Å²) in [6.45, 7) is 0. The first-order chi connectivity index (χ1) is 5.22. The highest BCUT2D eigenvalue weighted by Gasteiger charge is 2.12. The number of thioether (sulfide) groups is 2. The molecular weight excluding hydrogens is 182 g/mol. The van der Waals surface area contributed by atoms with Gasteiger partial charge in [0.2, 0.25) is 0 Å². The third kappa shape index (κ3) is 5.41. The number of carbonyl (C=O) groups is 1. The first kappa shape index (κ1) is 11.1. The quantitative estimate of drug-likeness (QED) is 0.394. The van der Waals surface area contributed by atoms with Crippen LogP contribution in [0.5, 0.6) is 0 Å². The lowest BCUT2D eigenvalue weighted by atomic mass is 10.4. The van der Waals surface area contributed by atoms with Crippen molar-refractivity contribution in [3.05, 3.63) is 0 Å². The molecule has 1 atom stereocenters. The van der Waals surface area contributed by atoms with Crippen LogP contribution in [-0.4, -0.2) is 36.2 Å². The zero-order chi connectivity index (χ0) is 8.69. The first-order valence-corrected chi connectivity index (χ1v) is 5.67. The van der Waals surface area contributed by atoms with Crippen LogP contribution in [-0.2, 0) is 9.53 Å². The minimum Gasteiger partial charge on any atom is -0.468 e. The Morgan fingerprint density at radius 1 is 1.73 bits per heavy atom. The number of methoxy groups -OCH3 is 1. The molecule has 11 heavy (non-hydrogen) atoms. The van der Waals surface area contributed by atoms with Crippen molar-refractivity contribution >= 4 is 29.5 Å². The minimum absolute atomic E-state index is 0.335. The van der Waals surface area contributed by atoms with Crippen molar-refractivity contribution in [2.75, 3.05) is 24.2 Å². The standard InChI is InChI=1S/C6H13NO2S2/c1-9-6(8)5(7)3-11-4-10-2/h5H,3-4,7H2,1-2H3. The van der Waals surface area contributed by atoms with Crippen molar-refractivity contribution in [3.63, 3.8) is 0 Å². The Bertz CT molecular complexity index is 121. The van der Waals surface area contributed by atoms with E-state index >= 15 is 0 Å². The van der Waals surface area contributed by atoms with Gasteiger partial charge in [0.05, 0.1) is 7.11 Å². The van der Waals surface area contributed by atoms with Gasteiger partial charge in [0.25, 0.3) is 0 Å². The largest absolute Gasteiger partial charge is 0.468 e. The first-order valence-electron chi connectivity index (χ1n) is 3.12. The molecule has 0 spiro atoms. The van der Waals surface area contributed by atoms with Gasteiger partial charge in [-0.2, -0.15) is 11.8 Å². The summed E-state index contributed by atoms with van der Waals surface area (Å²) >= 11 is 3.36. The molecule has 0 fully saturated rings. The van der Waals surface area contributed by atoms with Gasteiger partial charge in [-0.15, -0.1) is 11.8 Å². The van der Waals surface area contributed by atoms with Crippen LogP contribution < -0.4 is 5.73 Å². The predicted molar refractivity (Wildman–Crippen MR) is 50.8 cm³/mol. The van der Waals surface area contributed by atoms with E-state index in [1.54, 1.807) is 23.5 Å². The van der Waals surface area contributed by atoms with Crippen LogP contribution in [0.3, 0.4) is 0 Å². The van der Waals surface area contributed by atoms with Crippen LogP contribution >= 0.6 is 23.5 Å². The molecule has 0 aromatic rings. The molecule has 0 aromatic heterocycles. The number of carbonyl (C=O) groups excluding carboxylic acids is 1. The number of ether oxygens (including phenoxy) is 1. The number of esters is 1. The summed E-state index contributed by atoms with van der Waals surface area (Å²) in [7, 11) is 1.35. The molecule has 0 amide bonds. The summed E-state index contributed by atoms with van der Waals surface area (Å²) in [4.78, 5) is 10.7. The summed E-state index contributed by atoms with van der Waals surface area (Å²) in [5, 5.41) is 0.963. The monoisotopic (exact) mass is 195 g/mol. The molecule has 1 unspecified atom stereocenters. The fourth-order valence-corrected chi connectivity index (χ4v) is 1.92. The zero-order valence-corrected chi connectivity index (χ0v) is 8.33. The van der Waals surface area contributed by atoms with Gasteiger partial charge in [0.1, 0.15) is 6.04 Å². The van der Waals surface area contributed by atoms with E-state index in [4.69, 9.17) is 5.73 Å². The van der Waals surface area contributed by atoms with Crippen LogP contribution in [0.2, 0.25) is 0 Å². The fourth-order valence-electron chi connectivity index (χ4n) is 0.478. The van der Waals surface area contributed by atoms with Crippen LogP contribution in [0.15, 0.2) is 0 Å².